The molecular weight excluding hydrogens is 327 g/mol. The van der Waals surface area contributed by atoms with Crippen molar-refractivity contribution in [3.05, 3.63) is 76.3 Å². The van der Waals surface area contributed by atoms with Crippen LogP contribution in [0.5, 0.6) is 0 Å². The molecule has 0 radical (unpaired) electrons. The number of amides is 1. The number of alkyl halides is 3. The lowest BCUT2D eigenvalue weighted by molar-refractivity contribution is -0.137. The van der Waals surface area contributed by atoms with Gasteiger partial charge in [-0.15, -0.1) is 0 Å². The standard InChI is InChI=1S/C17H13ClF3NO/c18-15-7-4-13(5-8-15)11-22-16(23)9-6-12-2-1-3-14(10-12)17(19,20)21/h1-10H,11H2,(H,22,23). The highest BCUT2D eigenvalue weighted by molar-refractivity contribution is 6.30. The summed E-state index contributed by atoms with van der Waals surface area (Å²) in [6.45, 7) is 0.308. The highest BCUT2D eigenvalue weighted by atomic mass is 35.5. The first-order valence-electron chi connectivity index (χ1n) is 6.72. The van der Waals surface area contributed by atoms with Crippen LogP contribution in [0.2, 0.25) is 5.02 Å². The second-order valence-corrected chi connectivity index (χ2v) is 5.24. The largest absolute Gasteiger partial charge is 0.416 e. The average Bonchev–Trinajstić information content (AvgIpc) is 2.52. The smallest absolute Gasteiger partial charge is 0.348 e. The van der Waals surface area contributed by atoms with Crippen molar-refractivity contribution in [1.29, 1.82) is 0 Å². The first-order chi connectivity index (χ1) is 10.8. The maximum atomic E-state index is 12.6. The number of nitrogens with one attached hydrogen (secondary N) is 1. The Labute approximate surface area is 136 Å². The highest BCUT2D eigenvalue weighted by Crippen LogP contribution is 2.29. The van der Waals surface area contributed by atoms with Gasteiger partial charge in [-0.3, -0.25) is 4.79 Å². The monoisotopic (exact) mass is 339 g/mol. The van der Waals surface area contributed by atoms with E-state index in [-0.39, 0.29) is 0 Å². The van der Waals surface area contributed by atoms with Crippen LogP contribution in [0.15, 0.2) is 54.6 Å². The molecule has 0 fully saturated rings. The lowest BCUT2D eigenvalue weighted by Gasteiger charge is -2.06. The van der Waals surface area contributed by atoms with E-state index in [1.807, 2.05) is 0 Å². The third kappa shape index (κ3) is 5.45. The molecule has 0 spiro atoms. The zero-order valence-corrected chi connectivity index (χ0v) is 12.7. The minimum absolute atomic E-state index is 0.307. The van der Waals surface area contributed by atoms with Gasteiger partial charge in [0, 0.05) is 17.6 Å². The predicted octanol–water partition coefficient (Wildman–Crippen LogP) is 4.69. The van der Waals surface area contributed by atoms with Crippen molar-refractivity contribution in [1.82, 2.24) is 5.32 Å². The van der Waals surface area contributed by atoms with Crippen LogP contribution in [0, 0.1) is 0 Å². The van der Waals surface area contributed by atoms with Crippen LogP contribution in [0.4, 0.5) is 13.2 Å². The molecule has 0 bridgehead atoms. The molecule has 0 heterocycles. The maximum absolute atomic E-state index is 12.6. The van der Waals surface area contributed by atoms with Gasteiger partial charge >= 0.3 is 6.18 Å². The van der Waals surface area contributed by atoms with Gasteiger partial charge in [0.05, 0.1) is 5.56 Å². The molecule has 6 heteroatoms. The molecule has 2 aromatic carbocycles. The fraction of sp³-hybridized carbons (Fsp3) is 0.118. The van der Waals surface area contributed by atoms with Crippen LogP contribution < -0.4 is 5.32 Å². The van der Waals surface area contributed by atoms with E-state index >= 15 is 0 Å². The summed E-state index contributed by atoms with van der Waals surface area (Å²) in [5.41, 5.74) is 0.429. The summed E-state index contributed by atoms with van der Waals surface area (Å²) < 4.78 is 37.8. The average molecular weight is 340 g/mol. The fourth-order valence-electron chi connectivity index (χ4n) is 1.84. The molecule has 1 amide bonds. The zero-order chi connectivity index (χ0) is 16.9. The normalized spacial score (nSPS) is 11.7. The molecule has 120 valence electrons. The number of halogens is 4. The Morgan fingerprint density at radius 2 is 1.83 bits per heavy atom. The molecule has 0 aliphatic heterocycles. The summed E-state index contributed by atoms with van der Waals surface area (Å²) in [7, 11) is 0. The summed E-state index contributed by atoms with van der Waals surface area (Å²) in [6.07, 6.45) is -1.86. The second-order valence-electron chi connectivity index (χ2n) is 4.80. The van der Waals surface area contributed by atoms with Crippen molar-refractivity contribution >= 4 is 23.6 Å². The minimum Gasteiger partial charge on any atom is -0.348 e. The fourth-order valence-corrected chi connectivity index (χ4v) is 1.97. The number of hydrogen-bond acceptors (Lipinski definition) is 1. The Kier molecular flexibility index (Phi) is 5.45. The molecule has 23 heavy (non-hydrogen) atoms. The number of rotatable bonds is 4. The zero-order valence-electron chi connectivity index (χ0n) is 11.9. The van der Waals surface area contributed by atoms with Crippen LogP contribution in [0.25, 0.3) is 6.08 Å². The van der Waals surface area contributed by atoms with Crippen molar-refractivity contribution in [3.63, 3.8) is 0 Å². The van der Waals surface area contributed by atoms with Crippen molar-refractivity contribution in [2.45, 2.75) is 12.7 Å². The SMILES string of the molecule is O=C(C=Cc1cccc(C(F)(F)F)c1)NCc1ccc(Cl)cc1. The van der Waals surface area contributed by atoms with Crippen LogP contribution in [-0.4, -0.2) is 5.91 Å². The summed E-state index contributed by atoms with van der Waals surface area (Å²) in [5, 5.41) is 3.24. The van der Waals surface area contributed by atoms with Gasteiger partial charge in [-0.2, -0.15) is 13.2 Å². The molecule has 2 rings (SSSR count). The molecule has 2 aromatic rings. The lowest BCUT2D eigenvalue weighted by atomic mass is 10.1. The van der Waals surface area contributed by atoms with Crippen LogP contribution >= 0.6 is 11.6 Å². The Morgan fingerprint density at radius 1 is 1.13 bits per heavy atom. The second kappa shape index (κ2) is 7.33. The molecule has 2 nitrogen and oxygen atoms in total. The first kappa shape index (κ1) is 17.1. The summed E-state index contributed by atoms with van der Waals surface area (Å²) >= 11 is 5.76. The number of carbonyl (C=O) groups excluding carboxylic acids is 1. The molecule has 0 atom stereocenters. The van der Waals surface area contributed by atoms with E-state index in [0.717, 1.165) is 17.7 Å². The van der Waals surface area contributed by atoms with Gasteiger partial charge in [0.25, 0.3) is 0 Å². The van der Waals surface area contributed by atoms with E-state index in [1.54, 1.807) is 24.3 Å². The molecule has 0 unspecified atom stereocenters. The maximum Gasteiger partial charge on any atom is 0.416 e. The highest BCUT2D eigenvalue weighted by Gasteiger charge is 2.30. The lowest BCUT2D eigenvalue weighted by Crippen LogP contribution is -2.20. The first-order valence-corrected chi connectivity index (χ1v) is 7.10. The van der Waals surface area contributed by atoms with Crippen LogP contribution in [0.1, 0.15) is 16.7 Å². The van der Waals surface area contributed by atoms with E-state index in [2.05, 4.69) is 5.32 Å². The van der Waals surface area contributed by atoms with Gasteiger partial charge in [0.2, 0.25) is 5.91 Å². The van der Waals surface area contributed by atoms with Crippen molar-refractivity contribution < 1.29 is 18.0 Å². The Hall–Kier alpha value is -2.27. The van der Waals surface area contributed by atoms with Gasteiger partial charge in [-0.1, -0.05) is 35.9 Å². The third-order valence-corrected chi connectivity index (χ3v) is 3.27. The summed E-state index contributed by atoms with van der Waals surface area (Å²) in [4.78, 5) is 11.7. The van der Waals surface area contributed by atoms with Gasteiger partial charge in [-0.25, -0.2) is 0 Å². The van der Waals surface area contributed by atoms with Gasteiger partial charge in [0.15, 0.2) is 0 Å². The Balaban J connectivity index is 1.94. The summed E-state index contributed by atoms with van der Waals surface area (Å²) in [5.74, 6) is -0.391. The summed E-state index contributed by atoms with van der Waals surface area (Å²) in [6, 6.07) is 11.7. The number of carbonyl (C=O) groups is 1. The number of benzene rings is 2. The van der Waals surface area contributed by atoms with Crippen molar-refractivity contribution in [2.75, 3.05) is 0 Å². The molecule has 0 saturated carbocycles. The van der Waals surface area contributed by atoms with Crippen LogP contribution in [-0.2, 0) is 17.5 Å². The van der Waals surface area contributed by atoms with Crippen molar-refractivity contribution in [3.8, 4) is 0 Å². The Morgan fingerprint density at radius 3 is 2.48 bits per heavy atom. The van der Waals surface area contributed by atoms with E-state index in [4.69, 9.17) is 11.6 Å². The van der Waals surface area contributed by atoms with E-state index in [0.29, 0.717) is 17.1 Å². The third-order valence-electron chi connectivity index (χ3n) is 3.02. The molecule has 0 aliphatic carbocycles. The van der Waals surface area contributed by atoms with Gasteiger partial charge in [0.1, 0.15) is 0 Å². The van der Waals surface area contributed by atoms with E-state index in [1.165, 1.54) is 24.3 Å². The van der Waals surface area contributed by atoms with Crippen molar-refractivity contribution in [2.24, 2.45) is 0 Å². The van der Waals surface area contributed by atoms with Gasteiger partial charge in [-0.05, 0) is 41.5 Å². The van der Waals surface area contributed by atoms with E-state index in [9.17, 15) is 18.0 Å². The van der Waals surface area contributed by atoms with E-state index < -0.39 is 17.6 Å². The predicted molar refractivity (Wildman–Crippen MR) is 83.8 cm³/mol. The number of hydrogen-bond donors (Lipinski definition) is 1. The minimum atomic E-state index is -4.40. The quantitative estimate of drug-likeness (QED) is 0.804. The topological polar surface area (TPSA) is 29.1 Å². The van der Waals surface area contributed by atoms with Gasteiger partial charge < -0.3 is 5.32 Å². The Bertz CT molecular complexity index is 709. The molecule has 1 N–H and O–H groups in total. The molecule has 0 aromatic heterocycles. The van der Waals surface area contributed by atoms with Crippen LogP contribution in [0.3, 0.4) is 0 Å². The molecule has 0 aliphatic rings. The molecule has 0 saturated heterocycles. The molecular formula is C17H13ClF3NO.